The third-order valence-electron chi connectivity index (χ3n) is 2.81. The first-order chi connectivity index (χ1) is 9.61. The molecular formula is C14H25N3O2S. The number of hydrogen-bond donors (Lipinski definition) is 3. The van der Waals surface area contributed by atoms with E-state index in [0.29, 0.717) is 17.1 Å². The Kier molecular flexibility index (Phi) is 7.58. The smallest absolute Gasteiger partial charge is 0.242 e. The van der Waals surface area contributed by atoms with E-state index in [1.807, 2.05) is 13.0 Å². The van der Waals surface area contributed by atoms with E-state index >= 15 is 0 Å². The number of benzene rings is 1. The maximum atomic E-state index is 12.2. The van der Waals surface area contributed by atoms with E-state index in [1.165, 1.54) is 0 Å². The number of anilines is 1. The molecule has 0 heterocycles. The highest BCUT2D eigenvalue weighted by atomic mass is 32.2. The Morgan fingerprint density at radius 1 is 1.05 bits per heavy atom. The molecule has 6 heteroatoms. The van der Waals surface area contributed by atoms with Gasteiger partial charge in [0, 0.05) is 13.1 Å². The molecule has 0 atom stereocenters. The lowest BCUT2D eigenvalue weighted by molar-refractivity contribution is 0.581. The van der Waals surface area contributed by atoms with Crippen LogP contribution in [0, 0.1) is 0 Å². The fourth-order valence-electron chi connectivity index (χ4n) is 1.77. The van der Waals surface area contributed by atoms with E-state index in [1.54, 1.807) is 18.2 Å². The SMILES string of the molecule is CCCNS(=O)(=O)c1ccccc1NCCCNCC. The lowest BCUT2D eigenvalue weighted by Crippen LogP contribution is -2.25. The summed E-state index contributed by atoms with van der Waals surface area (Å²) < 4.78 is 27.0. The van der Waals surface area contributed by atoms with Gasteiger partial charge >= 0.3 is 0 Å². The average Bonchev–Trinajstić information content (AvgIpc) is 2.45. The summed E-state index contributed by atoms with van der Waals surface area (Å²) in [5.74, 6) is 0. The first-order valence-electron chi connectivity index (χ1n) is 7.15. The first-order valence-corrected chi connectivity index (χ1v) is 8.63. The van der Waals surface area contributed by atoms with E-state index in [0.717, 1.165) is 32.5 Å². The lowest BCUT2D eigenvalue weighted by Gasteiger charge is -2.13. The van der Waals surface area contributed by atoms with Crippen LogP contribution in [0.5, 0.6) is 0 Å². The number of rotatable bonds is 10. The van der Waals surface area contributed by atoms with Crippen molar-refractivity contribution >= 4 is 15.7 Å². The van der Waals surface area contributed by atoms with Gasteiger partial charge in [0.15, 0.2) is 0 Å². The minimum atomic E-state index is -3.43. The van der Waals surface area contributed by atoms with Crippen LogP contribution in [0.4, 0.5) is 5.69 Å². The van der Waals surface area contributed by atoms with Gasteiger partial charge in [0.25, 0.3) is 0 Å². The van der Waals surface area contributed by atoms with E-state index in [4.69, 9.17) is 0 Å². The van der Waals surface area contributed by atoms with Gasteiger partial charge in [-0.2, -0.15) is 0 Å². The molecule has 0 aliphatic carbocycles. The second-order valence-electron chi connectivity index (χ2n) is 4.53. The zero-order valence-corrected chi connectivity index (χ0v) is 13.1. The molecule has 0 fully saturated rings. The summed E-state index contributed by atoms with van der Waals surface area (Å²) in [4.78, 5) is 0.317. The van der Waals surface area contributed by atoms with Gasteiger partial charge in [-0.05, 0) is 38.1 Å². The van der Waals surface area contributed by atoms with Crippen LogP contribution in [0.3, 0.4) is 0 Å². The van der Waals surface area contributed by atoms with Gasteiger partial charge in [-0.15, -0.1) is 0 Å². The highest BCUT2D eigenvalue weighted by Crippen LogP contribution is 2.20. The molecule has 0 radical (unpaired) electrons. The summed E-state index contributed by atoms with van der Waals surface area (Å²) in [6, 6.07) is 7.01. The summed E-state index contributed by atoms with van der Waals surface area (Å²) in [5, 5.41) is 6.43. The molecular weight excluding hydrogens is 274 g/mol. The summed E-state index contributed by atoms with van der Waals surface area (Å²) in [6.45, 7) is 7.07. The standard InChI is InChI=1S/C14H25N3O2S/c1-3-10-17-20(18,19)14-9-6-5-8-13(14)16-12-7-11-15-4-2/h5-6,8-9,15-17H,3-4,7,10-12H2,1-2H3. The molecule has 3 N–H and O–H groups in total. The Bertz CT molecular complexity index is 489. The molecule has 114 valence electrons. The fraction of sp³-hybridized carbons (Fsp3) is 0.571. The number of para-hydroxylation sites is 1. The van der Waals surface area contributed by atoms with Crippen LogP contribution in [0.25, 0.3) is 0 Å². The zero-order valence-electron chi connectivity index (χ0n) is 12.3. The molecule has 1 rings (SSSR count). The van der Waals surface area contributed by atoms with Crippen molar-refractivity contribution in [1.82, 2.24) is 10.0 Å². The first kappa shape index (κ1) is 16.9. The zero-order chi connectivity index (χ0) is 14.8. The molecule has 0 aliphatic heterocycles. The maximum Gasteiger partial charge on any atom is 0.242 e. The fourth-order valence-corrected chi connectivity index (χ4v) is 3.09. The quantitative estimate of drug-likeness (QED) is 0.576. The molecule has 0 spiro atoms. The number of hydrogen-bond acceptors (Lipinski definition) is 4. The molecule has 0 aromatic heterocycles. The van der Waals surface area contributed by atoms with E-state index < -0.39 is 10.0 Å². The van der Waals surface area contributed by atoms with Crippen LogP contribution in [-0.2, 0) is 10.0 Å². The van der Waals surface area contributed by atoms with Gasteiger partial charge in [0.2, 0.25) is 10.0 Å². The summed E-state index contributed by atoms with van der Waals surface area (Å²) >= 11 is 0. The molecule has 0 saturated heterocycles. The molecule has 0 unspecified atom stereocenters. The monoisotopic (exact) mass is 299 g/mol. The second-order valence-corrected chi connectivity index (χ2v) is 6.26. The van der Waals surface area contributed by atoms with Gasteiger partial charge in [0.05, 0.1) is 5.69 Å². The van der Waals surface area contributed by atoms with Gasteiger partial charge in [-0.1, -0.05) is 26.0 Å². The summed E-state index contributed by atoms with van der Waals surface area (Å²) in [6.07, 6.45) is 1.72. The largest absolute Gasteiger partial charge is 0.384 e. The maximum absolute atomic E-state index is 12.2. The van der Waals surface area contributed by atoms with Gasteiger partial charge in [-0.25, -0.2) is 13.1 Å². The molecule has 0 aliphatic rings. The van der Waals surface area contributed by atoms with Crippen molar-refractivity contribution in [1.29, 1.82) is 0 Å². The third-order valence-corrected chi connectivity index (χ3v) is 4.33. The Morgan fingerprint density at radius 2 is 1.80 bits per heavy atom. The van der Waals surface area contributed by atoms with Crippen LogP contribution in [0.1, 0.15) is 26.7 Å². The predicted octanol–water partition coefficient (Wildman–Crippen LogP) is 1.79. The van der Waals surface area contributed by atoms with Gasteiger partial charge in [0.1, 0.15) is 4.90 Å². The Morgan fingerprint density at radius 3 is 2.50 bits per heavy atom. The molecule has 0 bridgehead atoms. The van der Waals surface area contributed by atoms with E-state index in [9.17, 15) is 8.42 Å². The van der Waals surface area contributed by atoms with Crippen molar-refractivity contribution in [3.05, 3.63) is 24.3 Å². The van der Waals surface area contributed by atoms with Crippen molar-refractivity contribution in [2.45, 2.75) is 31.6 Å². The molecule has 1 aromatic carbocycles. The summed E-state index contributed by atoms with van der Waals surface area (Å²) in [5.41, 5.74) is 0.660. The lowest BCUT2D eigenvalue weighted by atomic mass is 10.3. The van der Waals surface area contributed by atoms with Crippen LogP contribution < -0.4 is 15.4 Å². The average molecular weight is 299 g/mol. The summed E-state index contributed by atoms with van der Waals surface area (Å²) in [7, 11) is -3.43. The van der Waals surface area contributed by atoms with Crippen LogP contribution in [0.15, 0.2) is 29.2 Å². The van der Waals surface area contributed by atoms with Gasteiger partial charge in [-0.3, -0.25) is 0 Å². The Hall–Kier alpha value is -1.11. The van der Waals surface area contributed by atoms with Crippen molar-refractivity contribution in [3.63, 3.8) is 0 Å². The normalized spacial score (nSPS) is 11.5. The molecule has 5 nitrogen and oxygen atoms in total. The van der Waals surface area contributed by atoms with Crippen molar-refractivity contribution in [3.8, 4) is 0 Å². The number of nitrogens with one attached hydrogen (secondary N) is 3. The molecule has 20 heavy (non-hydrogen) atoms. The highest BCUT2D eigenvalue weighted by molar-refractivity contribution is 7.89. The molecule has 1 aromatic rings. The Labute approximate surface area is 122 Å². The second kappa shape index (κ2) is 8.94. The van der Waals surface area contributed by atoms with E-state index in [-0.39, 0.29) is 0 Å². The predicted molar refractivity (Wildman–Crippen MR) is 83.6 cm³/mol. The van der Waals surface area contributed by atoms with Crippen molar-refractivity contribution in [2.24, 2.45) is 0 Å². The number of sulfonamides is 1. The Balaban J connectivity index is 2.68. The topological polar surface area (TPSA) is 70.2 Å². The van der Waals surface area contributed by atoms with Crippen molar-refractivity contribution in [2.75, 3.05) is 31.5 Å². The minimum absolute atomic E-state index is 0.317. The minimum Gasteiger partial charge on any atom is -0.384 e. The van der Waals surface area contributed by atoms with Crippen LogP contribution in [0.2, 0.25) is 0 Å². The van der Waals surface area contributed by atoms with Gasteiger partial charge < -0.3 is 10.6 Å². The van der Waals surface area contributed by atoms with Crippen molar-refractivity contribution < 1.29 is 8.42 Å². The van der Waals surface area contributed by atoms with E-state index in [2.05, 4.69) is 22.3 Å². The molecule has 0 saturated carbocycles. The van der Waals surface area contributed by atoms with Crippen LogP contribution >= 0.6 is 0 Å². The highest BCUT2D eigenvalue weighted by Gasteiger charge is 2.16. The van der Waals surface area contributed by atoms with Crippen LogP contribution in [-0.4, -0.2) is 34.6 Å². The molecule has 0 amide bonds. The third kappa shape index (κ3) is 5.48.